The molecule has 0 amide bonds. The number of pyridine rings is 1. The van der Waals surface area contributed by atoms with Crippen molar-refractivity contribution < 1.29 is 4.74 Å². The highest BCUT2D eigenvalue weighted by Crippen LogP contribution is 2.24. The van der Waals surface area contributed by atoms with Crippen LogP contribution in [0, 0.1) is 0 Å². The number of unbranched alkanes of at least 4 members (excludes halogenated alkanes) is 2. The first-order valence-corrected chi connectivity index (χ1v) is 8.42. The van der Waals surface area contributed by atoms with Gasteiger partial charge in [-0.2, -0.15) is 0 Å². The van der Waals surface area contributed by atoms with Gasteiger partial charge >= 0.3 is 0 Å². The van der Waals surface area contributed by atoms with Gasteiger partial charge in [0.1, 0.15) is 5.75 Å². The van der Waals surface area contributed by atoms with Crippen LogP contribution in [0.1, 0.15) is 62.8 Å². The molecule has 22 heavy (non-hydrogen) atoms. The number of ether oxygens (including phenoxy) is 1. The van der Waals surface area contributed by atoms with Crippen LogP contribution in [0.15, 0.2) is 42.6 Å². The van der Waals surface area contributed by atoms with Crippen molar-refractivity contribution in [3.8, 4) is 5.75 Å². The van der Waals surface area contributed by atoms with Gasteiger partial charge in [0.25, 0.3) is 0 Å². The molecule has 1 heterocycles. The molecule has 0 fully saturated rings. The lowest BCUT2D eigenvalue weighted by Gasteiger charge is -2.13. The fourth-order valence-corrected chi connectivity index (χ4v) is 2.61. The third-order valence-corrected chi connectivity index (χ3v) is 4.05. The molecule has 1 aromatic heterocycles. The Labute approximate surface area is 134 Å². The first-order valence-electron chi connectivity index (χ1n) is 8.42. The molecule has 118 valence electrons. The normalized spacial score (nSPS) is 12.1. The number of aryl methyl sites for hydroxylation is 1. The van der Waals surface area contributed by atoms with E-state index in [1.54, 1.807) is 0 Å². The molecule has 0 aliphatic carbocycles. The highest BCUT2D eigenvalue weighted by molar-refractivity contribution is 5.33. The summed E-state index contributed by atoms with van der Waals surface area (Å²) in [4.78, 5) is 4.66. The van der Waals surface area contributed by atoms with Gasteiger partial charge < -0.3 is 4.74 Å². The molecule has 0 saturated heterocycles. The zero-order chi connectivity index (χ0) is 15.8. The van der Waals surface area contributed by atoms with Gasteiger partial charge in [0, 0.05) is 17.8 Å². The van der Waals surface area contributed by atoms with Crippen LogP contribution in [0.4, 0.5) is 0 Å². The molecule has 0 bridgehead atoms. The maximum Gasteiger partial charge on any atom is 0.119 e. The minimum atomic E-state index is 0.306. The molecule has 0 aliphatic rings. The molecule has 1 aromatic carbocycles. The maximum atomic E-state index is 5.49. The molecule has 0 N–H and O–H groups in total. The summed E-state index contributed by atoms with van der Waals surface area (Å²) in [5.41, 5.74) is 3.74. The molecule has 2 aromatic rings. The molecule has 0 radical (unpaired) electrons. The van der Waals surface area contributed by atoms with Crippen LogP contribution in [0.3, 0.4) is 0 Å². The molecular formula is C20H27NO. The van der Waals surface area contributed by atoms with Gasteiger partial charge in [-0.05, 0) is 49.1 Å². The van der Waals surface area contributed by atoms with Crippen molar-refractivity contribution in [1.29, 1.82) is 0 Å². The van der Waals surface area contributed by atoms with Crippen LogP contribution in [0.25, 0.3) is 0 Å². The van der Waals surface area contributed by atoms with Crippen molar-refractivity contribution in [2.24, 2.45) is 0 Å². The molecule has 0 spiro atoms. The van der Waals surface area contributed by atoms with Gasteiger partial charge in [0.05, 0.1) is 6.61 Å². The standard InChI is InChI=1S/C20H27NO/c1-4-6-7-8-17-9-14-20(21-15-17)16(3)18-10-12-19(13-11-18)22-5-2/h9-16H,4-8H2,1-3H3. The third-order valence-electron chi connectivity index (χ3n) is 4.05. The largest absolute Gasteiger partial charge is 0.494 e. The number of hydrogen-bond acceptors (Lipinski definition) is 2. The van der Waals surface area contributed by atoms with Crippen LogP contribution in [-0.4, -0.2) is 11.6 Å². The lowest BCUT2D eigenvalue weighted by Crippen LogP contribution is -2.00. The lowest BCUT2D eigenvalue weighted by molar-refractivity contribution is 0.340. The van der Waals surface area contributed by atoms with E-state index in [0.29, 0.717) is 12.5 Å². The zero-order valence-corrected chi connectivity index (χ0v) is 14.0. The van der Waals surface area contributed by atoms with E-state index in [2.05, 4.69) is 43.1 Å². The van der Waals surface area contributed by atoms with Gasteiger partial charge in [-0.15, -0.1) is 0 Å². The maximum absolute atomic E-state index is 5.49. The number of hydrogen-bond donors (Lipinski definition) is 0. The van der Waals surface area contributed by atoms with E-state index in [1.165, 1.54) is 30.4 Å². The number of nitrogens with zero attached hydrogens (tertiary/aromatic N) is 1. The molecular weight excluding hydrogens is 270 g/mol. The highest BCUT2D eigenvalue weighted by Gasteiger charge is 2.10. The Morgan fingerprint density at radius 3 is 2.36 bits per heavy atom. The van der Waals surface area contributed by atoms with E-state index in [0.717, 1.165) is 17.9 Å². The SMILES string of the molecule is CCCCCc1ccc(C(C)c2ccc(OCC)cc2)nc1. The highest BCUT2D eigenvalue weighted by atomic mass is 16.5. The second kappa shape index (κ2) is 8.57. The summed E-state index contributed by atoms with van der Waals surface area (Å²) in [6.45, 7) is 7.15. The monoisotopic (exact) mass is 297 g/mol. The van der Waals surface area contributed by atoms with E-state index in [1.807, 2.05) is 25.3 Å². The predicted molar refractivity (Wildman–Crippen MR) is 92.6 cm³/mol. The van der Waals surface area contributed by atoms with E-state index in [4.69, 9.17) is 4.74 Å². The minimum absolute atomic E-state index is 0.306. The molecule has 2 rings (SSSR count). The number of benzene rings is 1. The fourth-order valence-electron chi connectivity index (χ4n) is 2.61. The molecule has 0 aliphatic heterocycles. The van der Waals surface area contributed by atoms with E-state index < -0.39 is 0 Å². The summed E-state index contributed by atoms with van der Waals surface area (Å²) >= 11 is 0. The first-order chi connectivity index (χ1) is 10.7. The summed E-state index contributed by atoms with van der Waals surface area (Å²) in [6.07, 6.45) is 6.99. The van der Waals surface area contributed by atoms with Crippen molar-refractivity contribution in [2.75, 3.05) is 6.61 Å². The Hall–Kier alpha value is -1.83. The summed E-state index contributed by atoms with van der Waals surface area (Å²) < 4.78 is 5.49. The van der Waals surface area contributed by atoms with Crippen molar-refractivity contribution >= 4 is 0 Å². The summed E-state index contributed by atoms with van der Waals surface area (Å²) in [5, 5.41) is 0. The average Bonchev–Trinajstić information content (AvgIpc) is 2.56. The van der Waals surface area contributed by atoms with Crippen LogP contribution in [-0.2, 0) is 6.42 Å². The van der Waals surface area contributed by atoms with Gasteiger partial charge in [-0.1, -0.05) is 44.9 Å². The van der Waals surface area contributed by atoms with Crippen LogP contribution in [0.2, 0.25) is 0 Å². The predicted octanol–water partition coefficient (Wildman–Crippen LogP) is 5.36. The Morgan fingerprint density at radius 2 is 1.77 bits per heavy atom. The van der Waals surface area contributed by atoms with Crippen molar-refractivity contribution in [3.63, 3.8) is 0 Å². The first kappa shape index (κ1) is 16.5. The van der Waals surface area contributed by atoms with Crippen LogP contribution < -0.4 is 4.74 Å². The van der Waals surface area contributed by atoms with E-state index in [9.17, 15) is 0 Å². The quantitative estimate of drug-likeness (QED) is 0.611. The van der Waals surface area contributed by atoms with E-state index in [-0.39, 0.29) is 0 Å². The van der Waals surface area contributed by atoms with Gasteiger partial charge in [0.15, 0.2) is 0 Å². The Balaban J connectivity index is 2.00. The molecule has 1 unspecified atom stereocenters. The lowest BCUT2D eigenvalue weighted by atomic mass is 9.96. The second-order valence-corrected chi connectivity index (χ2v) is 5.77. The fraction of sp³-hybridized carbons (Fsp3) is 0.450. The Kier molecular flexibility index (Phi) is 6.45. The van der Waals surface area contributed by atoms with Gasteiger partial charge in [-0.3, -0.25) is 4.98 Å². The van der Waals surface area contributed by atoms with Crippen LogP contribution in [0.5, 0.6) is 5.75 Å². The summed E-state index contributed by atoms with van der Waals surface area (Å²) in [7, 11) is 0. The molecule has 2 heteroatoms. The minimum Gasteiger partial charge on any atom is -0.494 e. The third kappa shape index (κ3) is 4.59. The number of rotatable bonds is 8. The Morgan fingerprint density at radius 1 is 1.00 bits per heavy atom. The zero-order valence-electron chi connectivity index (χ0n) is 14.0. The topological polar surface area (TPSA) is 22.1 Å². The second-order valence-electron chi connectivity index (χ2n) is 5.77. The molecule has 1 atom stereocenters. The van der Waals surface area contributed by atoms with Gasteiger partial charge in [0.2, 0.25) is 0 Å². The smallest absolute Gasteiger partial charge is 0.119 e. The summed E-state index contributed by atoms with van der Waals surface area (Å²) in [5.74, 6) is 1.23. The van der Waals surface area contributed by atoms with Crippen molar-refractivity contribution in [2.45, 2.75) is 52.4 Å². The molecule has 2 nitrogen and oxygen atoms in total. The van der Waals surface area contributed by atoms with Crippen molar-refractivity contribution in [3.05, 3.63) is 59.4 Å². The van der Waals surface area contributed by atoms with E-state index >= 15 is 0 Å². The van der Waals surface area contributed by atoms with Gasteiger partial charge in [-0.25, -0.2) is 0 Å². The summed E-state index contributed by atoms with van der Waals surface area (Å²) in [6, 6.07) is 12.7. The Bertz CT molecular complexity index is 545. The molecule has 0 saturated carbocycles. The van der Waals surface area contributed by atoms with Crippen molar-refractivity contribution in [1.82, 2.24) is 4.98 Å². The number of aromatic nitrogens is 1. The van der Waals surface area contributed by atoms with Crippen LogP contribution >= 0.6 is 0 Å². The average molecular weight is 297 g/mol.